The Labute approximate surface area is 127 Å². The van der Waals surface area contributed by atoms with Crippen LogP contribution in [0.2, 0.25) is 0 Å². The lowest BCUT2D eigenvalue weighted by Crippen LogP contribution is -2.34. The van der Waals surface area contributed by atoms with Crippen LogP contribution >= 0.6 is 11.3 Å². The second-order valence-corrected chi connectivity index (χ2v) is 6.45. The van der Waals surface area contributed by atoms with Gasteiger partial charge in [0, 0.05) is 37.1 Å². The Hall–Kier alpha value is -1.67. The summed E-state index contributed by atoms with van der Waals surface area (Å²) in [5.74, 6) is -0.240. The summed E-state index contributed by atoms with van der Waals surface area (Å²) in [6.45, 7) is 5.55. The molecule has 21 heavy (non-hydrogen) atoms. The van der Waals surface area contributed by atoms with E-state index in [4.69, 9.17) is 9.84 Å². The molecule has 1 aromatic heterocycles. The molecule has 0 saturated heterocycles. The summed E-state index contributed by atoms with van der Waals surface area (Å²) in [6.07, 6.45) is 1.73. The van der Waals surface area contributed by atoms with E-state index >= 15 is 0 Å². The van der Waals surface area contributed by atoms with Crippen LogP contribution in [0.1, 0.15) is 32.1 Å². The fraction of sp³-hybridized carbons (Fsp3) is 0.615. The maximum Gasteiger partial charge on any atom is 0.407 e. The van der Waals surface area contributed by atoms with E-state index in [1.165, 1.54) is 11.3 Å². The summed E-state index contributed by atoms with van der Waals surface area (Å²) in [6, 6.07) is 0. The molecular formula is C13H21N3O4S. The number of aliphatic hydroxyl groups is 1. The maximum atomic E-state index is 11.7. The molecule has 1 rings (SSSR count). The second-order valence-electron chi connectivity index (χ2n) is 5.33. The molecule has 1 heterocycles. The molecule has 0 unspecified atom stereocenters. The van der Waals surface area contributed by atoms with Crippen molar-refractivity contribution in [1.29, 1.82) is 0 Å². The summed E-state index contributed by atoms with van der Waals surface area (Å²) in [4.78, 5) is 28.0. The third-order valence-electron chi connectivity index (χ3n) is 2.18. The van der Waals surface area contributed by atoms with Crippen LogP contribution in [0.4, 0.5) is 9.93 Å². The van der Waals surface area contributed by atoms with Crippen LogP contribution in [-0.4, -0.2) is 40.8 Å². The van der Waals surface area contributed by atoms with Crippen LogP contribution in [0, 0.1) is 0 Å². The summed E-state index contributed by atoms with van der Waals surface area (Å²) in [5.41, 5.74) is -0.559. The van der Waals surface area contributed by atoms with Crippen LogP contribution < -0.4 is 10.6 Å². The fourth-order valence-electron chi connectivity index (χ4n) is 1.37. The molecule has 0 saturated carbocycles. The van der Waals surface area contributed by atoms with E-state index in [9.17, 15) is 9.59 Å². The first-order valence-corrected chi connectivity index (χ1v) is 7.44. The minimum absolute atomic E-state index is 0.0510. The number of nitrogens with zero attached hydrogens (tertiary/aromatic N) is 1. The molecule has 8 heteroatoms. The van der Waals surface area contributed by atoms with Gasteiger partial charge >= 0.3 is 6.09 Å². The van der Waals surface area contributed by atoms with Crippen molar-refractivity contribution in [2.24, 2.45) is 0 Å². The minimum Gasteiger partial charge on any atom is -0.444 e. The number of aromatic nitrogens is 1. The molecule has 7 nitrogen and oxygen atoms in total. The number of anilines is 1. The van der Waals surface area contributed by atoms with Gasteiger partial charge in [-0.05, 0) is 20.8 Å². The average molecular weight is 315 g/mol. The smallest absolute Gasteiger partial charge is 0.407 e. The van der Waals surface area contributed by atoms with Gasteiger partial charge in [-0.2, -0.15) is 0 Å². The third kappa shape index (κ3) is 7.62. The summed E-state index contributed by atoms with van der Waals surface area (Å²) < 4.78 is 5.05. The Morgan fingerprint density at radius 2 is 2.14 bits per heavy atom. The van der Waals surface area contributed by atoms with Crippen molar-refractivity contribution >= 4 is 28.5 Å². The normalized spacial score (nSPS) is 11.0. The predicted molar refractivity (Wildman–Crippen MR) is 80.4 cm³/mol. The highest BCUT2D eigenvalue weighted by Crippen LogP contribution is 2.18. The van der Waals surface area contributed by atoms with Crippen molar-refractivity contribution in [2.45, 2.75) is 39.2 Å². The minimum atomic E-state index is -0.559. The van der Waals surface area contributed by atoms with Gasteiger partial charge in [-0.15, -0.1) is 11.3 Å². The number of carbonyl (C=O) groups excluding carboxylic acids is 2. The van der Waals surface area contributed by atoms with Crippen LogP contribution in [0.25, 0.3) is 0 Å². The lowest BCUT2D eigenvalue weighted by molar-refractivity contribution is -0.116. The van der Waals surface area contributed by atoms with Crippen molar-refractivity contribution in [2.75, 3.05) is 18.5 Å². The predicted octanol–water partition coefficient (Wildman–Crippen LogP) is 1.53. The molecule has 0 bridgehead atoms. The van der Waals surface area contributed by atoms with Crippen molar-refractivity contribution in [3.63, 3.8) is 0 Å². The van der Waals surface area contributed by atoms with Gasteiger partial charge in [-0.1, -0.05) is 0 Å². The van der Waals surface area contributed by atoms with Gasteiger partial charge in [-0.3, -0.25) is 4.79 Å². The van der Waals surface area contributed by atoms with Crippen LogP contribution in [0.5, 0.6) is 0 Å². The average Bonchev–Trinajstić information content (AvgIpc) is 2.74. The lowest BCUT2D eigenvalue weighted by atomic mass is 10.2. The number of thiazole rings is 1. The summed E-state index contributed by atoms with van der Waals surface area (Å²) in [5, 5.41) is 14.4. The molecule has 0 spiro atoms. The van der Waals surface area contributed by atoms with Crippen molar-refractivity contribution in [3.8, 4) is 0 Å². The van der Waals surface area contributed by atoms with Gasteiger partial charge in [0.05, 0.1) is 0 Å². The van der Waals surface area contributed by atoms with E-state index < -0.39 is 11.7 Å². The largest absolute Gasteiger partial charge is 0.444 e. The van der Waals surface area contributed by atoms with Gasteiger partial charge in [0.25, 0.3) is 0 Å². The van der Waals surface area contributed by atoms with Gasteiger partial charge in [-0.25, -0.2) is 9.78 Å². The first-order chi connectivity index (χ1) is 9.80. The molecule has 0 aliphatic heterocycles. The number of carbonyl (C=O) groups is 2. The molecule has 1 aromatic rings. The van der Waals surface area contributed by atoms with Crippen LogP contribution in [-0.2, 0) is 16.0 Å². The molecule has 3 N–H and O–H groups in total. The molecule has 0 aromatic carbocycles. The fourth-order valence-corrected chi connectivity index (χ4v) is 2.18. The van der Waals surface area contributed by atoms with Crippen molar-refractivity contribution in [3.05, 3.63) is 11.1 Å². The van der Waals surface area contributed by atoms with Crippen LogP contribution in [0.15, 0.2) is 6.20 Å². The Kier molecular flexibility index (Phi) is 6.57. The molecule has 0 fully saturated rings. The molecule has 0 atom stereocenters. The standard InChI is InChI=1S/C13H21N3O4S/c1-13(2,3)20-12(19)14-6-4-10(18)16-11-15-8-9(21-11)5-7-17/h8,17H,4-7H2,1-3H3,(H,14,19)(H,15,16,18). The van der Waals surface area contributed by atoms with Crippen molar-refractivity contribution in [1.82, 2.24) is 10.3 Å². The first kappa shape index (κ1) is 17.4. The number of nitrogens with one attached hydrogen (secondary N) is 2. The van der Waals surface area contributed by atoms with E-state index in [2.05, 4.69) is 15.6 Å². The highest BCUT2D eigenvalue weighted by molar-refractivity contribution is 7.15. The monoisotopic (exact) mass is 315 g/mol. The molecule has 0 aliphatic rings. The van der Waals surface area contributed by atoms with Gasteiger partial charge in [0.15, 0.2) is 5.13 Å². The Morgan fingerprint density at radius 3 is 2.76 bits per heavy atom. The summed E-state index contributed by atoms with van der Waals surface area (Å²) in [7, 11) is 0. The summed E-state index contributed by atoms with van der Waals surface area (Å²) >= 11 is 1.32. The number of aliphatic hydroxyl groups excluding tert-OH is 1. The zero-order valence-corrected chi connectivity index (χ0v) is 13.2. The lowest BCUT2D eigenvalue weighted by Gasteiger charge is -2.19. The van der Waals surface area contributed by atoms with Crippen LogP contribution in [0.3, 0.4) is 0 Å². The molecule has 118 valence electrons. The Balaban J connectivity index is 2.26. The van der Waals surface area contributed by atoms with E-state index in [-0.39, 0.29) is 25.5 Å². The highest BCUT2D eigenvalue weighted by Gasteiger charge is 2.16. The van der Waals surface area contributed by atoms with Crippen molar-refractivity contribution < 1.29 is 19.4 Å². The van der Waals surface area contributed by atoms with Gasteiger partial charge < -0.3 is 20.5 Å². The highest BCUT2D eigenvalue weighted by atomic mass is 32.1. The SMILES string of the molecule is CC(C)(C)OC(=O)NCCC(=O)Nc1ncc(CCO)s1. The third-order valence-corrected chi connectivity index (χ3v) is 3.15. The number of hydrogen-bond donors (Lipinski definition) is 3. The molecule has 0 radical (unpaired) electrons. The zero-order chi connectivity index (χ0) is 15.9. The number of alkyl carbamates (subject to hydrolysis) is 1. The number of ether oxygens (including phenoxy) is 1. The van der Waals surface area contributed by atoms with Gasteiger partial charge in [0.1, 0.15) is 5.60 Å². The molecule has 2 amide bonds. The Bertz CT molecular complexity index is 482. The maximum absolute atomic E-state index is 11.7. The second kappa shape index (κ2) is 7.94. The van der Waals surface area contributed by atoms with E-state index in [0.29, 0.717) is 11.6 Å². The number of amides is 2. The molecular weight excluding hydrogens is 294 g/mol. The quantitative estimate of drug-likeness (QED) is 0.739. The molecule has 0 aliphatic carbocycles. The number of rotatable bonds is 6. The van der Waals surface area contributed by atoms with E-state index in [0.717, 1.165) is 4.88 Å². The van der Waals surface area contributed by atoms with E-state index in [1.54, 1.807) is 27.0 Å². The number of hydrogen-bond acceptors (Lipinski definition) is 6. The zero-order valence-electron chi connectivity index (χ0n) is 12.4. The first-order valence-electron chi connectivity index (χ1n) is 6.62. The Morgan fingerprint density at radius 1 is 1.43 bits per heavy atom. The van der Waals surface area contributed by atoms with Gasteiger partial charge in [0.2, 0.25) is 5.91 Å². The van der Waals surface area contributed by atoms with E-state index in [1.807, 2.05) is 0 Å². The topological polar surface area (TPSA) is 101 Å².